The maximum atomic E-state index is 13.3. The molecule has 2 saturated heterocycles. The van der Waals surface area contributed by atoms with Crippen molar-refractivity contribution in [3.8, 4) is 22.7 Å². The molecule has 16 nitrogen and oxygen atoms in total. The normalized spacial score (nSPS) is 16.3. The number of nitrogens with zero attached hydrogens (tertiary/aromatic N) is 8. The topological polar surface area (TPSA) is 188 Å². The SMILES string of the molecule is C[Si](C)(C)C=[N+]=N.FC(F)(F)c1ccc2c(c1)nc(NCCCOC1CCCCO1)c1ncc(-c3[nH]ncc3Cl)n12.FC(F)(F)c1ccc2c(c1)nc(NCCCOC1CCCCO1)c1ncc(C#CCl)n12. The number of H-pyrrole nitrogens is 1. The number of aromatic amines is 1. The number of alkyl halides is 6. The average molecular weight is 1060 g/mol. The van der Waals surface area contributed by atoms with Crippen molar-refractivity contribution in [2.24, 2.45) is 0 Å². The van der Waals surface area contributed by atoms with E-state index in [1.54, 1.807) is 20.8 Å². The van der Waals surface area contributed by atoms with Gasteiger partial charge in [-0.2, -0.15) is 31.4 Å². The number of ether oxygens (including phenoxy) is 4. The van der Waals surface area contributed by atoms with Crippen LogP contribution in [0.3, 0.4) is 0 Å². The molecule has 2 fully saturated rings. The average Bonchev–Trinajstić information content (AvgIpc) is 4.10. The van der Waals surface area contributed by atoms with Gasteiger partial charge in [0.2, 0.25) is 0 Å². The third-order valence-electron chi connectivity index (χ3n) is 11.1. The van der Waals surface area contributed by atoms with Crippen molar-refractivity contribution in [2.45, 2.75) is 95.9 Å². The Hall–Kier alpha value is -5.83. The van der Waals surface area contributed by atoms with Gasteiger partial charge in [0, 0.05) is 36.5 Å². The van der Waals surface area contributed by atoms with Gasteiger partial charge < -0.3 is 29.6 Å². The highest BCUT2D eigenvalue weighted by Gasteiger charge is 2.32. The summed E-state index contributed by atoms with van der Waals surface area (Å²) in [5.41, 5.74) is 8.62. The molecule has 2 aromatic carbocycles. The quantitative estimate of drug-likeness (QED) is 0.0154. The van der Waals surface area contributed by atoms with Gasteiger partial charge in [0.25, 0.3) is 5.84 Å². The van der Waals surface area contributed by atoms with Gasteiger partial charge in [-0.15, -0.1) is 0 Å². The van der Waals surface area contributed by atoms with E-state index >= 15 is 0 Å². The van der Waals surface area contributed by atoms with Crippen LogP contribution in [0.5, 0.6) is 0 Å². The highest BCUT2D eigenvalue weighted by Crippen LogP contribution is 2.36. The van der Waals surface area contributed by atoms with Crippen molar-refractivity contribution in [2.75, 3.05) is 50.2 Å². The molecule has 2 unspecified atom stereocenters. The second-order valence-corrected chi connectivity index (χ2v) is 23.3. The molecule has 2 aliphatic rings. The molecule has 9 rings (SSSR count). The zero-order valence-electron chi connectivity index (χ0n) is 39.6. The van der Waals surface area contributed by atoms with Crippen LogP contribution < -0.4 is 10.6 Å². The van der Waals surface area contributed by atoms with Crippen molar-refractivity contribution in [1.29, 1.82) is 5.53 Å². The van der Waals surface area contributed by atoms with Crippen molar-refractivity contribution in [3.63, 3.8) is 0 Å². The first-order chi connectivity index (χ1) is 34.4. The Morgan fingerprint density at radius 3 is 1.78 bits per heavy atom. The monoisotopic (exact) mass is 1060 g/mol. The number of nitrogens with one attached hydrogen (secondary N) is 4. The van der Waals surface area contributed by atoms with E-state index in [1.165, 1.54) is 24.5 Å². The van der Waals surface area contributed by atoms with Crippen LogP contribution >= 0.6 is 23.2 Å². The molecule has 25 heteroatoms. The highest BCUT2D eigenvalue weighted by atomic mass is 35.5. The minimum Gasteiger partial charge on any atom is -0.367 e. The second kappa shape index (κ2) is 24.3. The predicted molar refractivity (Wildman–Crippen MR) is 264 cm³/mol. The van der Waals surface area contributed by atoms with E-state index < -0.39 is 31.6 Å². The molecule has 72 heavy (non-hydrogen) atoms. The van der Waals surface area contributed by atoms with Crippen molar-refractivity contribution < 1.29 is 50.1 Å². The Labute approximate surface area is 420 Å². The first-order valence-electron chi connectivity index (χ1n) is 23.2. The molecule has 7 aromatic rings. The van der Waals surface area contributed by atoms with Crippen molar-refractivity contribution in [1.82, 2.24) is 38.9 Å². The van der Waals surface area contributed by atoms with Gasteiger partial charge in [-0.3, -0.25) is 13.9 Å². The number of fused-ring (bicyclic) bond motifs is 6. The van der Waals surface area contributed by atoms with Gasteiger partial charge in [-0.25, -0.2) is 19.9 Å². The van der Waals surface area contributed by atoms with Crippen LogP contribution in [0, 0.1) is 16.8 Å². The van der Waals surface area contributed by atoms with Gasteiger partial charge in [-0.1, -0.05) is 31.2 Å². The fourth-order valence-electron chi connectivity index (χ4n) is 7.69. The molecule has 2 atom stereocenters. The molecule has 2 aliphatic heterocycles. The minimum atomic E-state index is -4.48. The Morgan fingerprint density at radius 2 is 1.33 bits per heavy atom. The first-order valence-corrected chi connectivity index (χ1v) is 27.5. The Morgan fingerprint density at radius 1 is 0.806 bits per heavy atom. The molecule has 7 heterocycles. The molecule has 0 radical (unpaired) electrons. The van der Waals surface area contributed by atoms with Crippen LogP contribution in [0.25, 0.3) is 44.7 Å². The summed E-state index contributed by atoms with van der Waals surface area (Å²) < 4.78 is 106. The highest BCUT2D eigenvalue weighted by molar-refractivity contribution is 6.98. The maximum Gasteiger partial charge on any atom is 0.416 e. The van der Waals surface area contributed by atoms with E-state index in [4.69, 9.17) is 47.7 Å². The third-order valence-corrected chi connectivity index (χ3v) is 12.4. The lowest BCUT2D eigenvalue weighted by atomic mass is 10.2. The number of hydrogen-bond donors (Lipinski definition) is 4. The predicted octanol–water partition coefficient (Wildman–Crippen LogP) is 11.3. The molecule has 0 aliphatic carbocycles. The van der Waals surface area contributed by atoms with Crippen LogP contribution in [-0.4, -0.2) is 110 Å². The van der Waals surface area contributed by atoms with E-state index in [0.29, 0.717) is 102 Å². The summed E-state index contributed by atoms with van der Waals surface area (Å²) in [6.07, 6.45) is 2.66. The summed E-state index contributed by atoms with van der Waals surface area (Å²) in [5, 5.41) is 15.8. The number of benzene rings is 2. The maximum absolute atomic E-state index is 13.3. The van der Waals surface area contributed by atoms with Gasteiger partial charge in [0.1, 0.15) is 11.4 Å². The fraction of sp³-hybridized carbons (Fsp3) is 0.447. The fourth-order valence-corrected chi connectivity index (χ4v) is 8.36. The summed E-state index contributed by atoms with van der Waals surface area (Å²) in [4.78, 5) is 20.9. The second-order valence-electron chi connectivity index (χ2n) is 17.8. The lowest BCUT2D eigenvalue weighted by molar-refractivity contribution is -0.162. The Balaban J connectivity index is 0.000000187. The molecular formula is C47H53Cl2F6N12O4Si+. The van der Waals surface area contributed by atoms with Crippen molar-refractivity contribution in [3.05, 3.63) is 76.8 Å². The zero-order chi connectivity index (χ0) is 51.5. The summed E-state index contributed by atoms with van der Waals surface area (Å²) >= 11 is 11.8. The molecular weight excluding hydrogens is 1010 g/mol. The van der Waals surface area contributed by atoms with Crippen molar-refractivity contribution >= 4 is 82.1 Å². The van der Waals surface area contributed by atoms with E-state index in [1.807, 2.05) is 0 Å². The molecule has 0 amide bonds. The van der Waals surface area contributed by atoms with E-state index in [-0.39, 0.29) is 23.6 Å². The standard InChI is InChI=1S/C22H22ClF3N6O2.C21H20ClF3N4O2.C4H11N2Si/c23-14-11-29-31-19(14)17-12-28-21-20(27-7-3-9-34-18-4-1-2-8-33-18)30-15-10-13(22(24,25)26)5-6-16(15)32(17)21;22-8-7-15-13-27-20-19(26-9-3-11-31-18-4-1-2-10-30-18)28-16-12-14(21(23,24)25)5-6-17(16)29(15)20;1-7(2,3)4-6-5/h5-6,10-12,18H,1-4,7-9H2,(H,27,30)(H,29,31);5-6,12-13,18H,1-4,9-11H2,(H,26,28);4-5H,1-3H3/q;;+1. The number of anilines is 2. The molecule has 0 saturated carbocycles. The Bertz CT molecular complexity index is 3060. The van der Waals surface area contributed by atoms with Crippen LogP contribution in [0.4, 0.5) is 38.0 Å². The summed E-state index contributed by atoms with van der Waals surface area (Å²) in [6.45, 7) is 9.84. The summed E-state index contributed by atoms with van der Waals surface area (Å²) in [7, 11) is -1.14. The number of halogens is 8. The minimum absolute atomic E-state index is 0.163. The van der Waals surface area contributed by atoms with Crippen LogP contribution in [0.1, 0.15) is 68.2 Å². The molecule has 0 bridgehead atoms. The largest absolute Gasteiger partial charge is 0.416 e. The van der Waals surface area contributed by atoms with Gasteiger partial charge in [-0.05, 0) is 105 Å². The number of aromatic nitrogens is 8. The van der Waals surface area contributed by atoms with Crippen LogP contribution in [0.15, 0.2) is 55.0 Å². The molecule has 4 N–H and O–H groups in total. The van der Waals surface area contributed by atoms with Crippen LogP contribution in [-0.2, 0) is 31.3 Å². The smallest absolute Gasteiger partial charge is 0.367 e. The molecule has 5 aromatic heterocycles. The number of hydrogen-bond acceptors (Lipinski definition) is 12. The summed E-state index contributed by atoms with van der Waals surface area (Å²) in [6, 6.07) is 6.83. The Kier molecular flexibility index (Phi) is 18.2. The van der Waals surface area contributed by atoms with E-state index in [2.05, 4.69) is 76.5 Å². The number of imidazole rings is 2. The summed E-state index contributed by atoms with van der Waals surface area (Å²) in [5.74, 6) is 5.18. The van der Waals surface area contributed by atoms with Gasteiger partial charge in [0.05, 0.1) is 81.2 Å². The van der Waals surface area contributed by atoms with Crippen LogP contribution in [0.2, 0.25) is 24.7 Å². The first kappa shape index (κ1) is 54.0. The van der Waals surface area contributed by atoms with Gasteiger partial charge in [0.15, 0.2) is 43.6 Å². The molecule has 0 spiro atoms. The third kappa shape index (κ3) is 14.0. The zero-order valence-corrected chi connectivity index (χ0v) is 42.1. The van der Waals surface area contributed by atoms with Gasteiger partial charge >= 0.3 is 12.4 Å². The lowest BCUT2D eigenvalue weighted by Crippen LogP contribution is -2.23. The number of rotatable bonds is 14. The lowest BCUT2D eigenvalue weighted by Gasteiger charge is -2.22. The molecule has 384 valence electrons. The van der Waals surface area contributed by atoms with E-state index in [9.17, 15) is 26.3 Å². The van der Waals surface area contributed by atoms with E-state index in [0.717, 1.165) is 69.4 Å².